The van der Waals surface area contributed by atoms with Gasteiger partial charge in [0.2, 0.25) is 5.91 Å². The van der Waals surface area contributed by atoms with Gasteiger partial charge in [0.25, 0.3) is 5.91 Å². The number of hydrogen-bond donors (Lipinski definition) is 3. The maximum Gasteiger partial charge on any atom is 0.271 e. The lowest BCUT2D eigenvalue weighted by Gasteiger charge is -2.02. The van der Waals surface area contributed by atoms with Crippen LogP contribution in [0.5, 0.6) is 0 Å². The van der Waals surface area contributed by atoms with Crippen LogP contribution < -0.4 is 11.1 Å². The minimum absolute atomic E-state index is 0.00887. The van der Waals surface area contributed by atoms with Gasteiger partial charge in [0.1, 0.15) is 5.69 Å². The van der Waals surface area contributed by atoms with Crippen LogP contribution in [0, 0.1) is 6.92 Å². The molecule has 0 saturated heterocycles. The van der Waals surface area contributed by atoms with E-state index < -0.39 is 11.8 Å². The van der Waals surface area contributed by atoms with Gasteiger partial charge in [-0.1, -0.05) is 24.3 Å². The van der Waals surface area contributed by atoms with Crippen molar-refractivity contribution in [2.24, 2.45) is 5.73 Å². The highest BCUT2D eigenvalue weighted by Crippen LogP contribution is 2.28. The van der Waals surface area contributed by atoms with Gasteiger partial charge in [-0.15, -0.1) is 11.3 Å². The van der Waals surface area contributed by atoms with E-state index in [4.69, 9.17) is 10.8 Å². The highest BCUT2D eigenvalue weighted by Gasteiger charge is 2.17. The third kappa shape index (κ3) is 3.91. The van der Waals surface area contributed by atoms with Crippen LogP contribution >= 0.6 is 11.3 Å². The number of carbonyl (C=O) groups excluding carboxylic acids is 2. The van der Waals surface area contributed by atoms with Crippen molar-refractivity contribution in [2.45, 2.75) is 6.92 Å². The molecule has 150 valence electrons. The van der Waals surface area contributed by atoms with Gasteiger partial charge in [-0.05, 0) is 36.6 Å². The van der Waals surface area contributed by atoms with Crippen LogP contribution in [-0.4, -0.2) is 31.8 Å². The Morgan fingerprint density at radius 3 is 2.70 bits per heavy atom. The van der Waals surface area contributed by atoms with E-state index >= 15 is 0 Å². The number of para-hydroxylation sites is 1. The smallest absolute Gasteiger partial charge is 0.271 e. The molecule has 4 N–H and O–H groups in total. The molecule has 4 rings (SSSR count). The average Bonchev–Trinajstić information content (AvgIpc) is 3.47. The Kier molecular flexibility index (Phi) is 5.27. The van der Waals surface area contributed by atoms with Crippen molar-refractivity contribution in [1.82, 2.24) is 20.0 Å². The number of rotatable bonds is 6. The standard InChI is InChI=1S/C21H18N6O2S/c1-13-18(20(21(22)29)25-24-13)23-17(28)10-9-14-12-27(15-6-3-2-4-7-15)26-19(14)16-8-5-11-30-16/h2-12H,1H3,(H2,22,29)(H,23,28)(H,24,25)/b10-9+. The van der Waals surface area contributed by atoms with E-state index in [0.29, 0.717) is 5.69 Å². The largest absolute Gasteiger partial charge is 0.364 e. The summed E-state index contributed by atoms with van der Waals surface area (Å²) in [5, 5.41) is 15.8. The van der Waals surface area contributed by atoms with Gasteiger partial charge in [-0.25, -0.2) is 4.68 Å². The van der Waals surface area contributed by atoms with Crippen molar-refractivity contribution in [3.05, 3.63) is 77.1 Å². The summed E-state index contributed by atoms with van der Waals surface area (Å²) >= 11 is 1.57. The molecule has 4 aromatic rings. The minimum Gasteiger partial charge on any atom is -0.364 e. The molecule has 3 aromatic heterocycles. The summed E-state index contributed by atoms with van der Waals surface area (Å²) in [6.07, 6.45) is 4.95. The molecule has 8 nitrogen and oxygen atoms in total. The molecule has 0 aliphatic carbocycles. The van der Waals surface area contributed by atoms with Gasteiger partial charge in [-0.3, -0.25) is 14.7 Å². The predicted molar refractivity (Wildman–Crippen MR) is 116 cm³/mol. The number of amides is 2. The van der Waals surface area contributed by atoms with E-state index in [1.807, 2.05) is 54.0 Å². The zero-order valence-electron chi connectivity index (χ0n) is 16.0. The molecule has 3 heterocycles. The van der Waals surface area contributed by atoms with Gasteiger partial charge in [0.05, 0.1) is 21.9 Å². The second kappa shape index (κ2) is 8.18. The van der Waals surface area contributed by atoms with E-state index in [0.717, 1.165) is 21.8 Å². The van der Waals surface area contributed by atoms with Crippen LogP contribution in [-0.2, 0) is 4.79 Å². The topological polar surface area (TPSA) is 119 Å². The van der Waals surface area contributed by atoms with Crippen LogP contribution in [0.3, 0.4) is 0 Å². The summed E-state index contributed by atoms with van der Waals surface area (Å²) in [7, 11) is 0. The molecule has 0 aliphatic heterocycles. The van der Waals surface area contributed by atoms with Gasteiger partial charge in [-0.2, -0.15) is 10.2 Å². The minimum atomic E-state index is -0.720. The van der Waals surface area contributed by atoms with E-state index in [1.54, 1.807) is 29.0 Å². The van der Waals surface area contributed by atoms with Crippen molar-refractivity contribution in [3.63, 3.8) is 0 Å². The third-order valence-electron chi connectivity index (χ3n) is 4.36. The normalized spacial score (nSPS) is 11.1. The fraction of sp³-hybridized carbons (Fsp3) is 0.0476. The Morgan fingerprint density at radius 2 is 2.00 bits per heavy atom. The number of H-pyrrole nitrogens is 1. The van der Waals surface area contributed by atoms with Gasteiger partial charge >= 0.3 is 0 Å². The quantitative estimate of drug-likeness (QED) is 0.416. The molecule has 30 heavy (non-hydrogen) atoms. The molecule has 0 fully saturated rings. The molecule has 9 heteroatoms. The number of nitrogens with one attached hydrogen (secondary N) is 2. The van der Waals surface area contributed by atoms with E-state index in [-0.39, 0.29) is 11.4 Å². The highest BCUT2D eigenvalue weighted by molar-refractivity contribution is 7.13. The second-order valence-electron chi connectivity index (χ2n) is 6.45. The number of benzene rings is 1. The number of carbonyl (C=O) groups is 2. The van der Waals surface area contributed by atoms with Crippen molar-refractivity contribution < 1.29 is 9.59 Å². The lowest BCUT2D eigenvalue weighted by molar-refractivity contribution is -0.111. The third-order valence-corrected chi connectivity index (χ3v) is 5.24. The number of nitrogens with two attached hydrogens (primary N) is 1. The maximum absolute atomic E-state index is 12.5. The zero-order chi connectivity index (χ0) is 21.1. The molecule has 0 bridgehead atoms. The number of thiophene rings is 1. The van der Waals surface area contributed by atoms with Crippen LogP contribution in [0.25, 0.3) is 22.3 Å². The SMILES string of the molecule is Cc1[nH]nc(C(N)=O)c1NC(=O)/C=C/c1cn(-c2ccccc2)nc1-c1cccs1. The van der Waals surface area contributed by atoms with Crippen molar-refractivity contribution in [3.8, 4) is 16.3 Å². The first-order chi connectivity index (χ1) is 14.5. The number of aryl methyl sites for hydroxylation is 1. The number of aromatic amines is 1. The Hall–Kier alpha value is -3.98. The molecular weight excluding hydrogens is 400 g/mol. The van der Waals surface area contributed by atoms with Crippen molar-refractivity contribution in [2.75, 3.05) is 5.32 Å². The number of aromatic nitrogens is 4. The van der Waals surface area contributed by atoms with Gasteiger partial charge < -0.3 is 11.1 Å². The van der Waals surface area contributed by atoms with Crippen molar-refractivity contribution in [1.29, 1.82) is 0 Å². The van der Waals surface area contributed by atoms with Crippen LogP contribution in [0.1, 0.15) is 21.7 Å². The lowest BCUT2D eigenvalue weighted by Crippen LogP contribution is -2.16. The zero-order valence-corrected chi connectivity index (χ0v) is 16.8. The number of nitrogens with zero attached hydrogens (tertiary/aromatic N) is 3. The van der Waals surface area contributed by atoms with Crippen molar-refractivity contribution >= 4 is 34.9 Å². The lowest BCUT2D eigenvalue weighted by atomic mass is 10.2. The van der Waals surface area contributed by atoms with Crippen LogP contribution in [0.4, 0.5) is 5.69 Å². The molecule has 0 atom stereocenters. The second-order valence-corrected chi connectivity index (χ2v) is 7.40. The Balaban J connectivity index is 1.63. The number of hydrogen-bond acceptors (Lipinski definition) is 5. The first-order valence-electron chi connectivity index (χ1n) is 9.05. The summed E-state index contributed by atoms with van der Waals surface area (Å²) in [5.41, 5.74) is 8.59. The van der Waals surface area contributed by atoms with E-state index in [2.05, 4.69) is 15.5 Å². The Morgan fingerprint density at radius 1 is 1.20 bits per heavy atom. The molecule has 2 amide bonds. The summed E-state index contributed by atoms with van der Waals surface area (Å²) in [4.78, 5) is 24.9. The molecule has 1 aromatic carbocycles. The van der Waals surface area contributed by atoms with Gasteiger partial charge in [0, 0.05) is 17.8 Å². The Labute approximate surface area is 176 Å². The summed E-state index contributed by atoms with van der Waals surface area (Å²) in [6, 6.07) is 13.7. The molecule has 0 unspecified atom stereocenters. The molecule has 0 radical (unpaired) electrons. The fourth-order valence-corrected chi connectivity index (χ4v) is 3.65. The predicted octanol–water partition coefficient (Wildman–Crippen LogP) is 3.38. The number of anilines is 1. The molecule has 0 saturated carbocycles. The maximum atomic E-state index is 12.5. The average molecular weight is 418 g/mol. The monoisotopic (exact) mass is 418 g/mol. The highest BCUT2D eigenvalue weighted by atomic mass is 32.1. The van der Waals surface area contributed by atoms with E-state index in [9.17, 15) is 9.59 Å². The van der Waals surface area contributed by atoms with Crippen LogP contribution in [0.15, 0.2) is 60.1 Å². The molecule has 0 spiro atoms. The van der Waals surface area contributed by atoms with Crippen LogP contribution in [0.2, 0.25) is 0 Å². The van der Waals surface area contributed by atoms with E-state index in [1.165, 1.54) is 6.08 Å². The number of primary amides is 1. The summed E-state index contributed by atoms with van der Waals surface area (Å²) in [6.45, 7) is 1.69. The molecule has 0 aliphatic rings. The summed E-state index contributed by atoms with van der Waals surface area (Å²) in [5.74, 6) is -1.13. The first-order valence-corrected chi connectivity index (χ1v) is 9.93. The fourth-order valence-electron chi connectivity index (χ4n) is 2.92. The van der Waals surface area contributed by atoms with Gasteiger partial charge in [0.15, 0.2) is 5.69 Å². The first kappa shape index (κ1) is 19.3. The summed E-state index contributed by atoms with van der Waals surface area (Å²) < 4.78 is 1.78. The molecular formula is C21H18N6O2S. The Bertz CT molecular complexity index is 1220.